The summed E-state index contributed by atoms with van der Waals surface area (Å²) in [7, 11) is 1.47. The molecule has 0 aromatic carbocycles. The summed E-state index contributed by atoms with van der Waals surface area (Å²) in [4.78, 5) is 0. The fraction of sp³-hybridized carbons (Fsp3) is 0.556. The molecule has 0 spiro atoms. The van der Waals surface area contributed by atoms with Crippen LogP contribution in [0.15, 0.2) is 12.3 Å². The molecule has 1 aromatic rings. The largest absolute Gasteiger partial charge is 0.480 e. The van der Waals surface area contributed by atoms with Crippen molar-refractivity contribution in [2.24, 2.45) is 0 Å². The van der Waals surface area contributed by atoms with Gasteiger partial charge < -0.3 is 9.30 Å². The molecule has 3 heteroatoms. The van der Waals surface area contributed by atoms with E-state index in [4.69, 9.17) is 4.74 Å². The van der Waals surface area contributed by atoms with Gasteiger partial charge in [-0.15, -0.1) is 0 Å². The minimum Gasteiger partial charge on any atom is -0.480 e. The molecule has 12 heavy (non-hydrogen) atoms. The van der Waals surface area contributed by atoms with Crippen LogP contribution in [0.2, 0.25) is 0 Å². The maximum absolute atomic E-state index is 13.0. The van der Waals surface area contributed by atoms with Crippen LogP contribution >= 0.6 is 0 Å². The summed E-state index contributed by atoms with van der Waals surface area (Å²) in [5, 5.41) is 0. The van der Waals surface area contributed by atoms with E-state index < -0.39 is 0 Å². The van der Waals surface area contributed by atoms with E-state index in [1.165, 1.54) is 13.2 Å². The summed E-state index contributed by atoms with van der Waals surface area (Å²) in [5.74, 6) is -0.0186. The van der Waals surface area contributed by atoms with E-state index in [1.807, 2.05) is 20.8 Å². The average Bonchev–Trinajstić information content (AvgIpc) is 2.29. The van der Waals surface area contributed by atoms with Gasteiger partial charge in [0.05, 0.1) is 7.11 Å². The maximum Gasteiger partial charge on any atom is 0.230 e. The molecule has 0 amide bonds. The summed E-state index contributed by atoms with van der Waals surface area (Å²) >= 11 is 0. The molecular formula is C9H14FNO. The predicted octanol–water partition coefficient (Wildman–Crippen LogP) is 2.39. The topological polar surface area (TPSA) is 14.2 Å². The zero-order chi connectivity index (χ0) is 9.35. The van der Waals surface area contributed by atoms with Crippen molar-refractivity contribution >= 4 is 0 Å². The smallest absolute Gasteiger partial charge is 0.230 e. The standard InChI is InChI=1S/C9H14FNO/c1-9(2,3)11-6-5-7(10)8(11)12-4/h5-6H,1-4H3. The second kappa shape index (κ2) is 2.81. The van der Waals surface area contributed by atoms with E-state index in [0.29, 0.717) is 5.88 Å². The first-order chi connectivity index (χ1) is 5.46. The van der Waals surface area contributed by atoms with Crippen LogP contribution in [0.4, 0.5) is 4.39 Å². The lowest BCUT2D eigenvalue weighted by molar-refractivity contribution is 0.295. The molecule has 0 atom stereocenters. The number of rotatable bonds is 1. The number of hydrogen-bond donors (Lipinski definition) is 0. The highest BCUT2D eigenvalue weighted by atomic mass is 19.1. The van der Waals surface area contributed by atoms with Crippen molar-refractivity contribution in [3.05, 3.63) is 18.1 Å². The van der Waals surface area contributed by atoms with Crippen LogP contribution in [0.5, 0.6) is 5.88 Å². The molecule has 0 aliphatic rings. The molecule has 0 bridgehead atoms. The first-order valence-electron chi connectivity index (χ1n) is 3.88. The van der Waals surface area contributed by atoms with Crippen LogP contribution in [-0.2, 0) is 5.54 Å². The van der Waals surface area contributed by atoms with Crippen molar-refractivity contribution in [2.45, 2.75) is 26.3 Å². The Morgan fingerprint density at radius 3 is 2.33 bits per heavy atom. The van der Waals surface area contributed by atoms with Crippen molar-refractivity contribution in [2.75, 3.05) is 7.11 Å². The predicted molar refractivity (Wildman–Crippen MR) is 45.9 cm³/mol. The number of aromatic nitrogens is 1. The molecule has 0 saturated heterocycles. The highest BCUT2D eigenvalue weighted by molar-refractivity contribution is 5.18. The Labute approximate surface area is 72.0 Å². The first-order valence-corrected chi connectivity index (χ1v) is 3.88. The maximum atomic E-state index is 13.0. The van der Waals surface area contributed by atoms with Gasteiger partial charge in [0.1, 0.15) is 0 Å². The fourth-order valence-electron chi connectivity index (χ4n) is 1.12. The van der Waals surface area contributed by atoms with Gasteiger partial charge >= 0.3 is 0 Å². The molecule has 0 aliphatic carbocycles. The normalized spacial score (nSPS) is 11.8. The van der Waals surface area contributed by atoms with Crippen molar-refractivity contribution < 1.29 is 9.13 Å². The van der Waals surface area contributed by atoms with E-state index in [2.05, 4.69) is 0 Å². The van der Waals surface area contributed by atoms with Gasteiger partial charge in [0.25, 0.3) is 0 Å². The molecule has 68 valence electrons. The quantitative estimate of drug-likeness (QED) is 0.632. The highest BCUT2D eigenvalue weighted by Gasteiger charge is 2.19. The third kappa shape index (κ3) is 1.44. The molecule has 1 rings (SSSR count). The lowest BCUT2D eigenvalue weighted by Crippen LogP contribution is -2.21. The van der Waals surface area contributed by atoms with Crippen LogP contribution in [0, 0.1) is 5.82 Å². The van der Waals surface area contributed by atoms with Crippen molar-refractivity contribution in [1.29, 1.82) is 0 Å². The van der Waals surface area contributed by atoms with Crippen LogP contribution in [0.1, 0.15) is 20.8 Å². The van der Waals surface area contributed by atoms with Crippen LogP contribution in [-0.4, -0.2) is 11.7 Å². The van der Waals surface area contributed by atoms with Gasteiger partial charge in [0.2, 0.25) is 5.88 Å². The Hall–Kier alpha value is -0.990. The first kappa shape index (κ1) is 9.10. The van der Waals surface area contributed by atoms with Gasteiger partial charge in [-0.25, -0.2) is 4.39 Å². The average molecular weight is 171 g/mol. The second-order valence-corrected chi connectivity index (χ2v) is 3.71. The van der Waals surface area contributed by atoms with Gasteiger partial charge in [-0.2, -0.15) is 0 Å². The van der Waals surface area contributed by atoms with Gasteiger partial charge in [-0.3, -0.25) is 0 Å². The van der Waals surface area contributed by atoms with E-state index in [1.54, 1.807) is 10.8 Å². The Morgan fingerprint density at radius 2 is 2.00 bits per heavy atom. The minimum absolute atomic E-state index is 0.143. The summed E-state index contributed by atoms with van der Waals surface area (Å²) in [5.41, 5.74) is -0.143. The molecule has 1 heterocycles. The van der Waals surface area contributed by atoms with Gasteiger partial charge in [0, 0.05) is 11.7 Å². The number of nitrogens with zero attached hydrogens (tertiary/aromatic N) is 1. The van der Waals surface area contributed by atoms with Gasteiger partial charge in [0.15, 0.2) is 5.82 Å². The third-order valence-electron chi connectivity index (χ3n) is 1.71. The summed E-state index contributed by atoms with van der Waals surface area (Å²) in [6.45, 7) is 5.98. The summed E-state index contributed by atoms with van der Waals surface area (Å²) in [6.07, 6.45) is 1.69. The molecule has 0 fully saturated rings. The Morgan fingerprint density at radius 1 is 1.42 bits per heavy atom. The number of halogens is 1. The fourth-order valence-corrected chi connectivity index (χ4v) is 1.12. The van der Waals surface area contributed by atoms with Crippen molar-refractivity contribution in [3.63, 3.8) is 0 Å². The highest BCUT2D eigenvalue weighted by Crippen LogP contribution is 2.25. The van der Waals surface area contributed by atoms with Crippen molar-refractivity contribution in [1.82, 2.24) is 4.57 Å². The van der Waals surface area contributed by atoms with Crippen LogP contribution in [0.25, 0.3) is 0 Å². The Bertz CT molecular complexity index is 273. The van der Waals surface area contributed by atoms with Gasteiger partial charge in [-0.1, -0.05) is 0 Å². The van der Waals surface area contributed by atoms with E-state index in [-0.39, 0.29) is 11.4 Å². The van der Waals surface area contributed by atoms with E-state index in [0.717, 1.165) is 0 Å². The third-order valence-corrected chi connectivity index (χ3v) is 1.71. The minimum atomic E-state index is -0.313. The van der Waals surface area contributed by atoms with Crippen LogP contribution < -0.4 is 4.74 Å². The number of methoxy groups -OCH3 is 1. The zero-order valence-corrected chi connectivity index (χ0v) is 7.89. The molecule has 0 aliphatic heterocycles. The number of ether oxygens (including phenoxy) is 1. The molecule has 0 saturated carbocycles. The zero-order valence-electron chi connectivity index (χ0n) is 7.89. The molecule has 2 nitrogen and oxygen atoms in total. The van der Waals surface area contributed by atoms with Gasteiger partial charge in [-0.05, 0) is 26.8 Å². The molecule has 0 N–H and O–H groups in total. The lowest BCUT2D eigenvalue weighted by Gasteiger charge is -2.23. The SMILES string of the molecule is COc1c(F)ccn1C(C)(C)C. The molecule has 1 aromatic heterocycles. The van der Waals surface area contributed by atoms with Crippen molar-refractivity contribution in [3.8, 4) is 5.88 Å². The summed E-state index contributed by atoms with van der Waals surface area (Å²) in [6, 6.07) is 1.41. The number of hydrogen-bond acceptors (Lipinski definition) is 1. The monoisotopic (exact) mass is 171 g/mol. The Balaban J connectivity index is 3.16. The Kier molecular flexibility index (Phi) is 2.13. The summed E-state index contributed by atoms with van der Waals surface area (Å²) < 4.78 is 19.7. The molecule has 0 unspecified atom stereocenters. The van der Waals surface area contributed by atoms with E-state index in [9.17, 15) is 4.39 Å². The lowest BCUT2D eigenvalue weighted by atomic mass is 10.1. The van der Waals surface area contributed by atoms with Crippen LogP contribution in [0.3, 0.4) is 0 Å². The molecular weight excluding hydrogens is 157 g/mol. The molecule has 0 radical (unpaired) electrons. The second-order valence-electron chi connectivity index (χ2n) is 3.71. The van der Waals surface area contributed by atoms with E-state index >= 15 is 0 Å².